The van der Waals surface area contributed by atoms with Crippen LogP contribution in [0.3, 0.4) is 0 Å². The molecule has 0 saturated carbocycles. The van der Waals surface area contributed by atoms with Crippen molar-refractivity contribution in [2.45, 2.75) is 30.9 Å². The van der Waals surface area contributed by atoms with Crippen molar-refractivity contribution < 1.29 is 14.2 Å². The van der Waals surface area contributed by atoms with E-state index in [2.05, 4.69) is 5.32 Å². The first kappa shape index (κ1) is 14.9. The standard InChI is InChI=1S/C16H23NO3S/c1-18-13-3-4-14(15(9-13)19-2)17-12-5-7-20-16(10-12)6-8-21-11-16/h3-4,9,12,17H,5-8,10-11H2,1-2H3. The van der Waals surface area contributed by atoms with Crippen LogP contribution < -0.4 is 14.8 Å². The highest BCUT2D eigenvalue weighted by Gasteiger charge is 2.40. The highest BCUT2D eigenvalue weighted by molar-refractivity contribution is 7.99. The van der Waals surface area contributed by atoms with Gasteiger partial charge >= 0.3 is 0 Å². The number of nitrogens with one attached hydrogen (secondary N) is 1. The molecule has 2 heterocycles. The van der Waals surface area contributed by atoms with E-state index in [1.165, 1.54) is 12.2 Å². The lowest BCUT2D eigenvalue weighted by Gasteiger charge is -2.38. The molecule has 0 aliphatic carbocycles. The van der Waals surface area contributed by atoms with Crippen LogP contribution in [0.15, 0.2) is 18.2 Å². The van der Waals surface area contributed by atoms with Crippen LogP contribution >= 0.6 is 11.8 Å². The Bertz CT molecular complexity index is 488. The molecule has 2 aliphatic rings. The molecule has 0 amide bonds. The van der Waals surface area contributed by atoms with Crippen molar-refractivity contribution in [2.75, 3.05) is 37.6 Å². The number of methoxy groups -OCH3 is 2. The Morgan fingerprint density at radius 3 is 2.95 bits per heavy atom. The maximum absolute atomic E-state index is 6.08. The lowest BCUT2D eigenvalue weighted by molar-refractivity contribution is -0.0628. The van der Waals surface area contributed by atoms with E-state index in [0.717, 1.165) is 42.4 Å². The summed E-state index contributed by atoms with van der Waals surface area (Å²) in [5, 5.41) is 3.63. The van der Waals surface area contributed by atoms with Crippen LogP contribution in [0.25, 0.3) is 0 Å². The second kappa shape index (κ2) is 6.36. The van der Waals surface area contributed by atoms with Crippen LogP contribution in [0.1, 0.15) is 19.3 Å². The van der Waals surface area contributed by atoms with E-state index in [1.54, 1.807) is 14.2 Å². The monoisotopic (exact) mass is 309 g/mol. The summed E-state index contributed by atoms with van der Waals surface area (Å²) in [5.41, 5.74) is 1.13. The molecule has 0 radical (unpaired) electrons. The highest BCUT2D eigenvalue weighted by atomic mass is 32.2. The summed E-state index contributed by atoms with van der Waals surface area (Å²) in [6, 6.07) is 6.36. The molecule has 1 aromatic rings. The van der Waals surface area contributed by atoms with Gasteiger partial charge in [0.15, 0.2) is 0 Å². The molecule has 116 valence electrons. The summed E-state index contributed by atoms with van der Waals surface area (Å²) in [5.74, 6) is 3.99. The number of hydrogen-bond donors (Lipinski definition) is 1. The topological polar surface area (TPSA) is 39.7 Å². The van der Waals surface area contributed by atoms with Gasteiger partial charge in [0.25, 0.3) is 0 Å². The summed E-state index contributed by atoms with van der Waals surface area (Å²) in [6.45, 7) is 0.844. The molecular formula is C16H23NO3S. The Morgan fingerprint density at radius 1 is 1.33 bits per heavy atom. The van der Waals surface area contributed by atoms with Gasteiger partial charge in [-0.3, -0.25) is 0 Å². The lowest BCUT2D eigenvalue weighted by atomic mass is 9.89. The normalized spacial score (nSPS) is 28.6. The Balaban J connectivity index is 1.71. The molecule has 1 spiro atoms. The first-order chi connectivity index (χ1) is 10.2. The van der Waals surface area contributed by atoms with Crippen LogP contribution in [-0.2, 0) is 4.74 Å². The van der Waals surface area contributed by atoms with Gasteiger partial charge in [-0.1, -0.05) is 0 Å². The summed E-state index contributed by atoms with van der Waals surface area (Å²) in [4.78, 5) is 0. The average molecular weight is 309 g/mol. The number of thioether (sulfide) groups is 1. The molecule has 21 heavy (non-hydrogen) atoms. The minimum atomic E-state index is 0.0975. The Hall–Kier alpha value is -1.07. The van der Waals surface area contributed by atoms with E-state index < -0.39 is 0 Å². The number of anilines is 1. The molecule has 2 unspecified atom stereocenters. The molecule has 4 nitrogen and oxygen atoms in total. The number of benzene rings is 1. The number of rotatable bonds is 4. The predicted molar refractivity (Wildman–Crippen MR) is 86.8 cm³/mol. The number of ether oxygens (including phenoxy) is 3. The van der Waals surface area contributed by atoms with Crippen molar-refractivity contribution >= 4 is 17.4 Å². The number of hydrogen-bond acceptors (Lipinski definition) is 5. The lowest BCUT2D eigenvalue weighted by Crippen LogP contribution is -2.44. The Labute approximate surface area is 130 Å². The van der Waals surface area contributed by atoms with E-state index in [1.807, 2.05) is 30.0 Å². The van der Waals surface area contributed by atoms with E-state index in [9.17, 15) is 0 Å². The van der Waals surface area contributed by atoms with Gasteiger partial charge in [-0.05, 0) is 37.1 Å². The molecule has 0 bridgehead atoms. The molecule has 0 aromatic heterocycles. The fraction of sp³-hybridized carbons (Fsp3) is 0.625. The maximum Gasteiger partial charge on any atom is 0.145 e. The zero-order valence-corrected chi connectivity index (χ0v) is 13.5. The van der Waals surface area contributed by atoms with Crippen molar-refractivity contribution in [2.24, 2.45) is 0 Å². The average Bonchev–Trinajstić information content (AvgIpc) is 2.95. The molecule has 2 atom stereocenters. The van der Waals surface area contributed by atoms with Crippen molar-refractivity contribution in [3.63, 3.8) is 0 Å². The molecule has 1 aromatic carbocycles. The SMILES string of the molecule is COc1ccc(NC2CCOC3(CCSC3)C2)c(OC)c1. The third kappa shape index (κ3) is 3.24. The molecule has 5 heteroatoms. The third-order valence-electron chi connectivity index (χ3n) is 4.33. The molecule has 2 saturated heterocycles. The van der Waals surface area contributed by atoms with E-state index in [-0.39, 0.29) is 5.60 Å². The van der Waals surface area contributed by atoms with Crippen LogP contribution in [0.4, 0.5) is 5.69 Å². The molecule has 1 N–H and O–H groups in total. The second-order valence-corrected chi connectivity index (χ2v) is 6.84. The first-order valence-electron chi connectivity index (χ1n) is 7.45. The van der Waals surface area contributed by atoms with Gasteiger partial charge in [-0.2, -0.15) is 11.8 Å². The fourth-order valence-electron chi connectivity index (χ4n) is 3.15. The summed E-state index contributed by atoms with van der Waals surface area (Å²) < 4.78 is 16.8. The quantitative estimate of drug-likeness (QED) is 0.925. The zero-order chi connectivity index (χ0) is 14.7. The highest BCUT2D eigenvalue weighted by Crippen LogP contribution is 2.40. The van der Waals surface area contributed by atoms with Gasteiger partial charge in [0.2, 0.25) is 0 Å². The molecule has 3 rings (SSSR count). The minimum absolute atomic E-state index is 0.0975. The van der Waals surface area contributed by atoms with Gasteiger partial charge < -0.3 is 19.5 Å². The molecule has 2 aliphatic heterocycles. The van der Waals surface area contributed by atoms with Crippen molar-refractivity contribution in [1.82, 2.24) is 0 Å². The summed E-state index contributed by atoms with van der Waals surface area (Å²) >= 11 is 2.01. The van der Waals surface area contributed by atoms with Gasteiger partial charge in [-0.25, -0.2) is 0 Å². The summed E-state index contributed by atoms with van der Waals surface area (Å²) in [6.07, 6.45) is 3.30. The minimum Gasteiger partial charge on any atom is -0.497 e. The smallest absolute Gasteiger partial charge is 0.145 e. The fourth-order valence-corrected chi connectivity index (χ4v) is 4.53. The zero-order valence-electron chi connectivity index (χ0n) is 12.7. The van der Waals surface area contributed by atoms with Gasteiger partial charge in [0.1, 0.15) is 11.5 Å². The largest absolute Gasteiger partial charge is 0.497 e. The van der Waals surface area contributed by atoms with E-state index in [4.69, 9.17) is 14.2 Å². The predicted octanol–water partition coefficient (Wildman–Crippen LogP) is 3.17. The third-order valence-corrected chi connectivity index (χ3v) is 5.55. The molecule has 2 fully saturated rings. The van der Waals surface area contributed by atoms with Crippen molar-refractivity contribution in [3.05, 3.63) is 18.2 Å². The van der Waals surface area contributed by atoms with Crippen molar-refractivity contribution in [3.8, 4) is 11.5 Å². The van der Waals surface area contributed by atoms with Crippen LogP contribution in [0.5, 0.6) is 11.5 Å². The maximum atomic E-state index is 6.08. The first-order valence-corrected chi connectivity index (χ1v) is 8.60. The van der Waals surface area contributed by atoms with Crippen LogP contribution in [0, 0.1) is 0 Å². The Morgan fingerprint density at radius 2 is 2.24 bits per heavy atom. The van der Waals surface area contributed by atoms with Crippen LogP contribution in [0.2, 0.25) is 0 Å². The second-order valence-electron chi connectivity index (χ2n) is 5.73. The van der Waals surface area contributed by atoms with Gasteiger partial charge in [-0.15, -0.1) is 0 Å². The van der Waals surface area contributed by atoms with E-state index in [0.29, 0.717) is 6.04 Å². The van der Waals surface area contributed by atoms with Crippen molar-refractivity contribution in [1.29, 1.82) is 0 Å². The van der Waals surface area contributed by atoms with Gasteiger partial charge in [0, 0.05) is 24.5 Å². The van der Waals surface area contributed by atoms with E-state index >= 15 is 0 Å². The Kier molecular flexibility index (Phi) is 4.50. The molecular weight excluding hydrogens is 286 g/mol. The summed E-state index contributed by atoms with van der Waals surface area (Å²) in [7, 11) is 3.36. The van der Waals surface area contributed by atoms with Crippen LogP contribution in [-0.4, -0.2) is 44.0 Å². The van der Waals surface area contributed by atoms with Gasteiger partial charge in [0.05, 0.1) is 25.5 Å².